The third-order valence-electron chi connectivity index (χ3n) is 2.92. The van der Waals surface area contributed by atoms with Crippen LogP contribution in [0.25, 0.3) is 0 Å². The van der Waals surface area contributed by atoms with Gasteiger partial charge in [-0.25, -0.2) is 0 Å². The summed E-state index contributed by atoms with van der Waals surface area (Å²) in [7, 11) is 0. The second kappa shape index (κ2) is 6.24. The van der Waals surface area contributed by atoms with Crippen LogP contribution in [0.15, 0.2) is 24.3 Å². The molecule has 1 heteroatoms. The highest BCUT2D eigenvalue weighted by molar-refractivity contribution is 5.25. The Kier molecular flexibility index (Phi) is 4.90. The minimum atomic E-state index is 0.651. The number of aryl methyl sites for hydroxylation is 1. The third kappa shape index (κ3) is 3.75. The van der Waals surface area contributed by atoms with E-state index in [1.807, 2.05) is 0 Å². The molecular formula is C14H19N. The number of unbranched alkanes of at least 4 members (excludes halogenated alkanes) is 1. The van der Waals surface area contributed by atoms with E-state index in [1.54, 1.807) is 0 Å². The zero-order valence-corrected chi connectivity index (χ0v) is 9.66. The van der Waals surface area contributed by atoms with Gasteiger partial charge in [0.1, 0.15) is 0 Å². The molecule has 0 saturated heterocycles. The van der Waals surface area contributed by atoms with Gasteiger partial charge < -0.3 is 0 Å². The van der Waals surface area contributed by atoms with Gasteiger partial charge in [-0.1, -0.05) is 38.1 Å². The van der Waals surface area contributed by atoms with Crippen molar-refractivity contribution in [2.24, 2.45) is 0 Å². The van der Waals surface area contributed by atoms with Crippen LogP contribution in [-0.4, -0.2) is 0 Å². The second-order valence-electron chi connectivity index (χ2n) is 4.06. The molecule has 1 unspecified atom stereocenters. The van der Waals surface area contributed by atoms with E-state index in [-0.39, 0.29) is 0 Å². The monoisotopic (exact) mass is 201 g/mol. The molecule has 1 nitrogen and oxygen atoms in total. The van der Waals surface area contributed by atoms with Crippen LogP contribution >= 0.6 is 0 Å². The quantitative estimate of drug-likeness (QED) is 0.659. The first kappa shape index (κ1) is 11.8. The summed E-state index contributed by atoms with van der Waals surface area (Å²) >= 11 is 0. The van der Waals surface area contributed by atoms with Crippen molar-refractivity contribution >= 4 is 0 Å². The lowest BCUT2D eigenvalue weighted by Crippen LogP contribution is -1.92. The van der Waals surface area contributed by atoms with Gasteiger partial charge in [0.25, 0.3) is 0 Å². The van der Waals surface area contributed by atoms with E-state index in [9.17, 15) is 0 Å². The van der Waals surface area contributed by atoms with E-state index in [2.05, 4.69) is 44.2 Å². The first-order valence-corrected chi connectivity index (χ1v) is 5.73. The molecule has 0 aromatic heterocycles. The number of hydrogen-bond donors (Lipinski definition) is 0. The van der Waals surface area contributed by atoms with Gasteiger partial charge in [-0.3, -0.25) is 0 Å². The van der Waals surface area contributed by atoms with Gasteiger partial charge in [-0.15, -0.1) is 0 Å². The van der Waals surface area contributed by atoms with Crippen LogP contribution < -0.4 is 0 Å². The molecule has 15 heavy (non-hydrogen) atoms. The molecule has 0 saturated carbocycles. The fraction of sp³-hybridized carbons (Fsp3) is 0.500. The molecule has 0 fully saturated rings. The average Bonchev–Trinajstić information content (AvgIpc) is 2.29. The summed E-state index contributed by atoms with van der Waals surface area (Å²) < 4.78 is 0. The average molecular weight is 201 g/mol. The maximum Gasteiger partial charge on any atom is 0.0621 e. The summed E-state index contributed by atoms with van der Waals surface area (Å²) in [5, 5.41) is 8.44. The van der Waals surface area contributed by atoms with Crippen LogP contribution in [0.5, 0.6) is 0 Å². The van der Waals surface area contributed by atoms with Crippen molar-refractivity contribution in [2.75, 3.05) is 0 Å². The van der Waals surface area contributed by atoms with Crippen LogP contribution in [0.3, 0.4) is 0 Å². The minimum Gasteiger partial charge on any atom is -0.198 e. The number of hydrogen-bond acceptors (Lipinski definition) is 1. The lowest BCUT2D eigenvalue weighted by molar-refractivity contribution is 0.732. The highest BCUT2D eigenvalue weighted by Crippen LogP contribution is 2.19. The number of nitriles is 1. The van der Waals surface area contributed by atoms with Gasteiger partial charge in [0.05, 0.1) is 6.07 Å². The predicted molar refractivity (Wildman–Crippen MR) is 63.7 cm³/mol. The molecule has 0 spiro atoms. The summed E-state index contributed by atoms with van der Waals surface area (Å²) in [6.45, 7) is 4.47. The first-order chi connectivity index (χ1) is 7.27. The topological polar surface area (TPSA) is 23.8 Å². The molecule has 1 aromatic carbocycles. The Morgan fingerprint density at radius 3 is 2.47 bits per heavy atom. The number of nitrogens with zero attached hydrogens (tertiary/aromatic N) is 1. The van der Waals surface area contributed by atoms with Gasteiger partial charge >= 0.3 is 0 Å². The van der Waals surface area contributed by atoms with Gasteiger partial charge in [0.15, 0.2) is 0 Å². The Morgan fingerprint density at radius 1 is 1.27 bits per heavy atom. The standard InChI is InChI=1S/C14H19N/c1-3-12(2)14-9-7-13(8-10-14)6-4-5-11-15/h7-10,12H,3-6H2,1-2H3. The molecule has 0 aliphatic carbocycles. The molecule has 0 amide bonds. The van der Waals surface area contributed by atoms with Crippen LogP contribution in [0.2, 0.25) is 0 Å². The summed E-state index contributed by atoms with van der Waals surface area (Å²) in [5.74, 6) is 0.651. The molecule has 1 aromatic rings. The van der Waals surface area contributed by atoms with Gasteiger partial charge in [0.2, 0.25) is 0 Å². The maximum absolute atomic E-state index is 8.44. The zero-order valence-electron chi connectivity index (χ0n) is 9.66. The van der Waals surface area contributed by atoms with E-state index in [4.69, 9.17) is 5.26 Å². The fourth-order valence-electron chi connectivity index (χ4n) is 1.62. The van der Waals surface area contributed by atoms with E-state index in [0.29, 0.717) is 12.3 Å². The number of rotatable bonds is 5. The summed E-state index contributed by atoms with van der Waals surface area (Å²) in [5.41, 5.74) is 2.76. The Hall–Kier alpha value is -1.29. The smallest absolute Gasteiger partial charge is 0.0621 e. The third-order valence-corrected chi connectivity index (χ3v) is 2.92. The minimum absolute atomic E-state index is 0.651. The second-order valence-corrected chi connectivity index (χ2v) is 4.06. The number of benzene rings is 1. The van der Waals surface area contributed by atoms with E-state index >= 15 is 0 Å². The van der Waals surface area contributed by atoms with Gasteiger partial charge in [-0.2, -0.15) is 5.26 Å². The molecule has 0 radical (unpaired) electrons. The van der Waals surface area contributed by atoms with Gasteiger partial charge in [0, 0.05) is 6.42 Å². The Balaban J connectivity index is 2.53. The van der Waals surface area contributed by atoms with Crippen LogP contribution in [0, 0.1) is 11.3 Å². The highest BCUT2D eigenvalue weighted by Gasteiger charge is 2.01. The maximum atomic E-state index is 8.44. The normalized spacial score (nSPS) is 12.1. The van der Waals surface area contributed by atoms with E-state index in [1.165, 1.54) is 17.5 Å². The van der Waals surface area contributed by atoms with Crippen molar-refractivity contribution in [3.63, 3.8) is 0 Å². The van der Waals surface area contributed by atoms with Crippen LogP contribution in [-0.2, 0) is 6.42 Å². The molecule has 0 aliphatic heterocycles. The Bertz CT molecular complexity index is 318. The molecule has 0 aliphatic rings. The SMILES string of the molecule is CCC(C)c1ccc(CCCC#N)cc1. The predicted octanol–water partition coefficient (Wildman–Crippen LogP) is 4.05. The molecule has 0 heterocycles. The van der Waals surface area contributed by atoms with Crippen molar-refractivity contribution in [1.82, 2.24) is 0 Å². The van der Waals surface area contributed by atoms with E-state index in [0.717, 1.165) is 12.8 Å². The summed E-state index contributed by atoms with van der Waals surface area (Å²) in [4.78, 5) is 0. The largest absolute Gasteiger partial charge is 0.198 e. The molecule has 0 N–H and O–H groups in total. The molecular weight excluding hydrogens is 182 g/mol. The summed E-state index contributed by atoms with van der Waals surface area (Å²) in [6, 6.07) is 11.0. The van der Waals surface area contributed by atoms with Gasteiger partial charge in [-0.05, 0) is 36.3 Å². The molecule has 1 rings (SSSR count). The fourth-order valence-corrected chi connectivity index (χ4v) is 1.62. The highest BCUT2D eigenvalue weighted by atomic mass is 14.2. The van der Waals surface area contributed by atoms with Crippen molar-refractivity contribution in [1.29, 1.82) is 5.26 Å². The molecule has 1 atom stereocenters. The van der Waals surface area contributed by atoms with E-state index < -0.39 is 0 Å². The first-order valence-electron chi connectivity index (χ1n) is 5.73. The molecule has 0 bridgehead atoms. The van der Waals surface area contributed by atoms with Crippen LogP contribution in [0.4, 0.5) is 0 Å². The lowest BCUT2D eigenvalue weighted by atomic mass is 9.96. The zero-order chi connectivity index (χ0) is 11.1. The summed E-state index contributed by atoms with van der Waals surface area (Å²) in [6.07, 6.45) is 3.84. The van der Waals surface area contributed by atoms with Crippen molar-refractivity contribution < 1.29 is 0 Å². The van der Waals surface area contributed by atoms with Crippen molar-refractivity contribution in [3.8, 4) is 6.07 Å². The molecule has 80 valence electrons. The Morgan fingerprint density at radius 2 is 1.93 bits per heavy atom. The van der Waals surface area contributed by atoms with Crippen molar-refractivity contribution in [3.05, 3.63) is 35.4 Å². The van der Waals surface area contributed by atoms with Crippen LogP contribution in [0.1, 0.15) is 50.2 Å². The Labute approximate surface area is 92.7 Å². The lowest BCUT2D eigenvalue weighted by Gasteiger charge is -2.09. The van der Waals surface area contributed by atoms with Crippen molar-refractivity contribution in [2.45, 2.75) is 45.4 Å².